The molecule has 0 aromatic heterocycles. The lowest BCUT2D eigenvalue weighted by Gasteiger charge is -2.07. The van der Waals surface area contributed by atoms with Crippen LogP contribution in [0.4, 0.5) is 0 Å². The van der Waals surface area contributed by atoms with Gasteiger partial charge in [0.15, 0.2) is 6.61 Å². The highest BCUT2D eigenvalue weighted by Gasteiger charge is 2.03. The molecule has 2 N–H and O–H groups in total. The van der Waals surface area contributed by atoms with Gasteiger partial charge < -0.3 is 4.74 Å². The summed E-state index contributed by atoms with van der Waals surface area (Å²) >= 11 is 3.27. The Kier molecular flexibility index (Phi) is 4.62. The van der Waals surface area contributed by atoms with Gasteiger partial charge in [-0.15, -0.1) is 0 Å². The van der Waals surface area contributed by atoms with Crippen LogP contribution in [0.5, 0.6) is 5.75 Å². The van der Waals surface area contributed by atoms with Crippen LogP contribution in [0.2, 0.25) is 0 Å². The number of benzene rings is 1. The minimum absolute atomic E-state index is 0.163. The SMILES string of the molecule is O=CNNC(=O)COc1ccccc1Br. The highest BCUT2D eigenvalue weighted by Crippen LogP contribution is 2.23. The zero-order valence-corrected chi connectivity index (χ0v) is 9.28. The van der Waals surface area contributed by atoms with E-state index in [4.69, 9.17) is 4.74 Å². The molecule has 0 aliphatic heterocycles. The average molecular weight is 273 g/mol. The van der Waals surface area contributed by atoms with E-state index in [1.165, 1.54) is 0 Å². The van der Waals surface area contributed by atoms with Gasteiger partial charge in [0.1, 0.15) is 5.75 Å². The molecule has 1 rings (SSSR count). The summed E-state index contributed by atoms with van der Waals surface area (Å²) in [5.41, 5.74) is 4.15. The van der Waals surface area contributed by atoms with Gasteiger partial charge in [-0.2, -0.15) is 0 Å². The summed E-state index contributed by atoms with van der Waals surface area (Å²) in [6.07, 6.45) is 0.371. The third-order valence-electron chi connectivity index (χ3n) is 1.47. The molecule has 0 saturated heterocycles. The molecule has 1 aromatic carbocycles. The monoisotopic (exact) mass is 272 g/mol. The van der Waals surface area contributed by atoms with Crippen LogP contribution in [0.25, 0.3) is 0 Å². The summed E-state index contributed by atoms with van der Waals surface area (Å²) in [7, 11) is 0. The third-order valence-corrected chi connectivity index (χ3v) is 2.12. The Morgan fingerprint density at radius 1 is 1.47 bits per heavy atom. The molecular formula is C9H9BrN2O3. The van der Waals surface area contributed by atoms with Gasteiger partial charge in [0.25, 0.3) is 5.91 Å². The van der Waals surface area contributed by atoms with E-state index in [0.29, 0.717) is 12.2 Å². The second-order valence-corrected chi connectivity index (χ2v) is 3.38. The quantitative estimate of drug-likeness (QED) is 0.610. The van der Waals surface area contributed by atoms with Crippen LogP contribution >= 0.6 is 15.9 Å². The maximum absolute atomic E-state index is 11.0. The Bertz CT molecular complexity index is 357. The largest absolute Gasteiger partial charge is 0.483 e. The minimum Gasteiger partial charge on any atom is -0.483 e. The van der Waals surface area contributed by atoms with Gasteiger partial charge in [-0.25, -0.2) is 0 Å². The number of halogens is 1. The summed E-state index contributed by atoms with van der Waals surface area (Å²) in [6.45, 7) is -0.163. The highest BCUT2D eigenvalue weighted by molar-refractivity contribution is 9.10. The number of carbonyl (C=O) groups is 2. The molecule has 0 aliphatic carbocycles. The standard InChI is InChI=1S/C9H9BrN2O3/c10-7-3-1-2-4-8(7)15-5-9(14)12-11-6-13/h1-4,6H,5H2,(H,11,13)(H,12,14). The van der Waals surface area contributed by atoms with Gasteiger partial charge in [0.2, 0.25) is 6.41 Å². The Morgan fingerprint density at radius 2 is 2.20 bits per heavy atom. The summed E-state index contributed by atoms with van der Waals surface area (Å²) in [5, 5.41) is 0. The van der Waals surface area contributed by atoms with E-state index >= 15 is 0 Å². The maximum atomic E-state index is 11.0. The van der Waals surface area contributed by atoms with Gasteiger partial charge in [0, 0.05) is 0 Å². The smallest absolute Gasteiger partial charge is 0.276 e. The number of carbonyl (C=O) groups excluding carboxylic acids is 2. The molecule has 0 fully saturated rings. The fourth-order valence-electron chi connectivity index (χ4n) is 0.851. The highest BCUT2D eigenvalue weighted by atomic mass is 79.9. The first-order valence-electron chi connectivity index (χ1n) is 4.09. The fraction of sp³-hybridized carbons (Fsp3) is 0.111. The van der Waals surface area contributed by atoms with E-state index in [1.807, 2.05) is 11.5 Å². The number of para-hydroxylation sites is 1. The number of hydrogen-bond acceptors (Lipinski definition) is 3. The third kappa shape index (κ3) is 3.99. The zero-order chi connectivity index (χ0) is 11.1. The summed E-state index contributed by atoms with van der Waals surface area (Å²) in [4.78, 5) is 20.9. The molecule has 0 radical (unpaired) electrons. The lowest BCUT2D eigenvalue weighted by molar-refractivity contribution is -0.126. The van der Waals surface area contributed by atoms with Crippen molar-refractivity contribution in [2.45, 2.75) is 0 Å². The van der Waals surface area contributed by atoms with Crippen LogP contribution in [-0.4, -0.2) is 18.9 Å². The Labute approximate surface area is 94.9 Å². The van der Waals surface area contributed by atoms with Crippen LogP contribution in [-0.2, 0) is 9.59 Å². The Balaban J connectivity index is 2.40. The number of rotatable bonds is 5. The van der Waals surface area contributed by atoms with Crippen LogP contribution < -0.4 is 15.6 Å². The van der Waals surface area contributed by atoms with E-state index in [2.05, 4.69) is 21.4 Å². The number of ether oxygens (including phenoxy) is 1. The maximum Gasteiger partial charge on any atom is 0.276 e. The number of hydrazine groups is 1. The fourth-order valence-corrected chi connectivity index (χ4v) is 1.25. The lowest BCUT2D eigenvalue weighted by Crippen LogP contribution is -2.39. The van der Waals surface area contributed by atoms with Crippen molar-refractivity contribution in [2.24, 2.45) is 0 Å². The average Bonchev–Trinajstić information content (AvgIpc) is 2.25. The molecule has 5 nitrogen and oxygen atoms in total. The van der Waals surface area contributed by atoms with Gasteiger partial charge in [0.05, 0.1) is 4.47 Å². The van der Waals surface area contributed by atoms with Crippen molar-refractivity contribution >= 4 is 28.2 Å². The van der Waals surface area contributed by atoms with Crippen molar-refractivity contribution in [1.82, 2.24) is 10.9 Å². The van der Waals surface area contributed by atoms with E-state index in [0.717, 1.165) is 4.47 Å². The van der Waals surface area contributed by atoms with Gasteiger partial charge in [-0.3, -0.25) is 20.4 Å². The first-order chi connectivity index (χ1) is 7.24. The van der Waals surface area contributed by atoms with Crippen molar-refractivity contribution < 1.29 is 14.3 Å². The van der Waals surface area contributed by atoms with Gasteiger partial charge >= 0.3 is 0 Å². The second-order valence-electron chi connectivity index (χ2n) is 2.53. The van der Waals surface area contributed by atoms with E-state index in [-0.39, 0.29) is 6.61 Å². The molecule has 6 heteroatoms. The Morgan fingerprint density at radius 3 is 2.87 bits per heavy atom. The van der Waals surface area contributed by atoms with Crippen LogP contribution in [0.1, 0.15) is 0 Å². The summed E-state index contributed by atoms with van der Waals surface area (Å²) in [5.74, 6) is 0.136. The predicted octanol–water partition coefficient (Wildman–Crippen LogP) is 0.605. The molecule has 0 spiro atoms. The van der Waals surface area contributed by atoms with Gasteiger partial charge in [-0.05, 0) is 28.1 Å². The first kappa shape index (κ1) is 11.5. The molecule has 15 heavy (non-hydrogen) atoms. The summed E-state index contributed by atoms with van der Waals surface area (Å²) in [6, 6.07) is 7.16. The summed E-state index contributed by atoms with van der Waals surface area (Å²) < 4.78 is 5.95. The molecule has 0 bridgehead atoms. The van der Waals surface area contributed by atoms with Crippen LogP contribution in [0, 0.1) is 0 Å². The molecule has 0 aliphatic rings. The molecule has 0 unspecified atom stereocenters. The van der Waals surface area contributed by atoms with Crippen molar-refractivity contribution in [2.75, 3.05) is 6.61 Å². The first-order valence-corrected chi connectivity index (χ1v) is 4.88. The topological polar surface area (TPSA) is 67.4 Å². The molecule has 80 valence electrons. The van der Waals surface area contributed by atoms with E-state index in [9.17, 15) is 9.59 Å². The van der Waals surface area contributed by atoms with Crippen molar-refractivity contribution in [3.8, 4) is 5.75 Å². The van der Waals surface area contributed by atoms with Crippen LogP contribution in [0.3, 0.4) is 0 Å². The van der Waals surface area contributed by atoms with Crippen molar-refractivity contribution in [3.05, 3.63) is 28.7 Å². The second kappa shape index (κ2) is 6.02. The number of hydrogen-bond donors (Lipinski definition) is 2. The van der Waals surface area contributed by atoms with Gasteiger partial charge in [-0.1, -0.05) is 12.1 Å². The van der Waals surface area contributed by atoms with Crippen molar-refractivity contribution in [3.63, 3.8) is 0 Å². The minimum atomic E-state index is -0.433. The molecular weight excluding hydrogens is 264 g/mol. The normalized spacial score (nSPS) is 9.13. The molecule has 1 aromatic rings. The number of amides is 2. The molecule has 0 atom stereocenters. The predicted molar refractivity (Wildman–Crippen MR) is 57.0 cm³/mol. The Hall–Kier alpha value is -1.56. The zero-order valence-electron chi connectivity index (χ0n) is 7.70. The van der Waals surface area contributed by atoms with Crippen LogP contribution in [0.15, 0.2) is 28.7 Å². The van der Waals surface area contributed by atoms with E-state index in [1.54, 1.807) is 18.2 Å². The van der Waals surface area contributed by atoms with E-state index < -0.39 is 5.91 Å². The lowest BCUT2D eigenvalue weighted by atomic mass is 10.3. The number of nitrogens with one attached hydrogen (secondary N) is 2. The van der Waals surface area contributed by atoms with Crippen molar-refractivity contribution in [1.29, 1.82) is 0 Å². The molecule has 0 heterocycles. The molecule has 0 saturated carbocycles. The molecule has 2 amide bonds.